The van der Waals surface area contributed by atoms with E-state index in [4.69, 9.17) is 19.9 Å². The van der Waals surface area contributed by atoms with Gasteiger partial charge in [-0.2, -0.15) is 4.31 Å². The molecular formula is C34H45N3O7S. The van der Waals surface area contributed by atoms with Gasteiger partial charge in [-0.25, -0.2) is 13.2 Å². The third-order valence-electron chi connectivity index (χ3n) is 6.58. The van der Waals surface area contributed by atoms with Gasteiger partial charge in [0, 0.05) is 13.5 Å². The van der Waals surface area contributed by atoms with Crippen molar-refractivity contribution >= 4 is 27.8 Å². The van der Waals surface area contributed by atoms with Crippen LogP contribution in [-0.4, -0.2) is 55.6 Å². The molecule has 0 heterocycles. The second-order valence-corrected chi connectivity index (χ2v) is 14.2. The Morgan fingerprint density at radius 2 is 1.51 bits per heavy atom. The lowest BCUT2D eigenvalue weighted by molar-refractivity contribution is -0.148. The van der Waals surface area contributed by atoms with E-state index in [2.05, 4.69) is 5.32 Å². The molecule has 0 aliphatic heterocycles. The topological polar surface area (TPSA) is 137 Å². The van der Waals surface area contributed by atoms with Crippen LogP contribution in [0.4, 0.5) is 10.5 Å². The summed E-state index contributed by atoms with van der Waals surface area (Å²) in [7, 11) is -4.13. The van der Waals surface area contributed by atoms with Crippen molar-refractivity contribution in [3.05, 3.63) is 90.0 Å². The molecule has 2 atom stereocenters. The second kappa shape index (κ2) is 15.8. The van der Waals surface area contributed by atoms with Crippen molar-refractivity contribution in [1.82, 2.24) is 9.62 Å². The first-order chi connectivity index (χ1) is 21.1. The van der Waals surface area contributed by atoms with Crippen molar-refractivity contribution in [1.29, 1.82) is 0 Å². The summed E-state index contributed by atoms with van der Waals surface area (Å²) in [4.78, 5) is 25.2. The van der Waals surface area contributed by atoms with Crippen molar-refractivity contribution in [2.24, 2.45) is 5.92 Å². The van der Waals surface area contributed by atoms with Crippen molar-refractivity contribution in [3.63, 3.8) is 0 Å². The lowest BCUT2D eigenvalue weighted by atomic mass is 10.0. The van der Waals surface area contributed by atoms with Crippen LogP contribution < -0.4 is 15.8 Å². The van der Waals surface area contributed by atoms with Crippen LogP contribution in [0.1, 0.15) is 52.7 Å². The first-order valence-corrected chi connectivity index (χ1v) is 16.3. The predicted octanol–water partition coefficient (Wildman–Crippen LogP) is 5.56. The fourth-order valence-electron chi connectivity index (χ4n) is 4.64. The number of ether oxygens (including phenoxy) is 3. The van der Waals surface area contributed by atoms with E-state index in [1.165, 1.54) is 29.4 Å². The summed E-state index contributed by atoms with van der Waals surface area (Å²) in [6.07, 6.45) is -1.50. The van der Waals surface area contributed by atoms with E-state index in [0.717, 1.165) is 11.1 Å². The molecule has 0 aromatic heterocycles. The Labute approximate surface area is 266 Å². The summed E-state index contributed by atoms with van der Waals surface area (Å²) in [6, 6.07) is 22.4. The van der Waals surface area contributed by atoms with Gasteiger partial charge in [0.25, 0.3) is 0 Å². The smallest absolute Gasteiger partial charge is 0.408 e. The van der Waals surface area contributed by atoms with Gasteiger partial charge in [-0.1, -0.05) is 74.5 Å². The number of rotatable bonds is 14. The van der Waals surface area contributed by atoms with Crippen molar-refractivity contribution < 1.29 is 32.2 Å². The van der Waals surface area contributed by atoms with E-state index in [-0.39, 0.29) is 42.6 Å². The molecule has 11 heteroatoms. The number of sulfonamides is 1. The molecule has 1 amide bonds. The lowest BCUT2D eigenvalue weighted by Crippen LogP contribution is -2.53. The van der Waals surface area contributed by atoms with Gasteiger partial charge in [-0.05, 0) is 62.4 Å². The number of nitrogen functional groups attached to an aromatic ring is 1. The van der Waals surface area contributed by atoms with E-state index < -0.39 is 39.8 Å². The highest BCUT2D eigenvalue weighted by molar-refractivity contribution is 7.89. The average molecular weight is 640 g/mol. The van der Waals surface area contributed by atoms with Crippen molar-refractivity contribution in [2.45, 2.75) is 77.2 Å². The first kappa shape index (κ1) is 35.4. The van der Waals surface area contributed by atoms with E-state index >= 15 is 0 Å². The van der Waals surface area contributed by atoms with Gasteiger partial charge in [-0.15, -0.1) is 0 Å². The zero-order valence-corrected chi connectivity index (χ0v) is 27.7. The molecule has 0 radical (unpaired) electrons. The fourth-order valence-corrected chi connectivity index (χ4v) is 6.30. The number of nitrogens with two attached hydrogens (primary N) is 1. The Hall–Kier alpha value is -4.09. The number of amides is 1. The highest BCUT2D eigenvalue weighted by atomic mass is 32.2. The van der Waals surface area contributed by atoms with Crippen molar-refractivity contribution in [3.8, 4) is 5.75 Å². The molecule has 3 aromatic carbocycles. The first-order valence-electron chi connectivity index (χ1n) is 14.9. The zero-order chi connectivity index (χ0) is 33.2. The van der Waals surface area contributed by atoms with Crippen LogP contribution in [0, 0.1) is 5.92 Å². The number of nitrogens with zero attached hydrogens (tertiary/aromatic N) is 1. The molecule has 0 fully saturated rings. The van der Waals surface area contributed by atoms with Gasteiger partial charge in [-0.3, -0.25) is 4.79 Å². The van der Waals surface area contributed by atoms with Crippen LogP contribution in [-0.2, 0) is 37.3 Å². The Morgan fingerprint density at radius 3 is 2.04 bits per heavy atom. The largest absolute Gasteiger partial charge is 0.487 e. The van der Waals surface area contributed by atoms with E-state index in [1.807, 2.05) is 74.5 Å². The van der Waals surface area contributed by atoms with Crippen LogP contribution in [0.3, 0.4) is 0 Å². The SMILES string of the molecule is CC(=O)O[C@H](CN(CC(C)C)S(=O)(=O)c1ccc(OCc2ccccc2)c(N)c1)[C@H](Cc1ccccc1)NC(=O)OC(C)(C)C. The maximum atomic E-state index is 14.1. The molecule has 0 saturated carbocycles. The minimum Gasteiger partial charge on any atom is -0.487 e. The standard InChI is InChI=1S/C34H45N3O7S/c1-24(2)21-37(45(40,41)28-17-18-31(29(35)20-28)42-23-27-15-11-8-12-16-27)22-32(43-25(3)38)30(19-26-13-9-7-10-14-26)36-33(39)44-34(4,5)6/h7-18,20,24,30,32H,19,21-23,35H2,1-6H3,(H,36,39)/t30-,32+/m0/s1. The molecule has 0 aliphatic carbocycles. The number of esters is 1. The number of anilines is 1. The monoisotopic (exact) mass is 639 g/mol. The molecule has 3 aromatic rings. The number of benzene rings is 3. The zero-order valence-electron chi connectivity index (χ0n) is 26.9. The van der Waals surface area contributed by atoms with Gasteiger partial charge in [0.15, 0.2) is 0 Å². The lowest BCUT2D eigenvalue weighted by Gasteiger charge is -2.33. The van der Waals surface area contributed by atoms with Gasteiger partial charge >= 0.3 is 12.1 Å². The molecule has 3 N–H and O–H groups in total. The third-order valence-corrected chi connectivity index (χ3v) is 8.40. The number of carbonyl (C=O) groups is 2. The number of nitrogens with one attached hydrogen (secondary N) is 1. The van der Waals surface area contributed by atoms with Gasteiger partial charge in [0.1, 0.15) is 24.1 Å². The molecule has 10 nitrogen and oxygen atoms in total. The van der Waals surface area contributed by atoms with Crippen LogP contribution >= 0.6 is 0 Å². The molecular weight excluding hydrogens is 594 g/mol. The Kier molecular flexibility index (Phi) is 12.4. The maximum Gasteiger partial charge on any atom is 0.408 e. The summed E-state index contributed by atoms with van der Waals surface area (Å²) >= 11 is 0. The van der Waals surface area contributed by atoms with E-state index in [1.54, 1.807) is 20.8 Å². The minimum atomic E-state index is -4.13. The van der Waals surface area contributed by atoms with Gasteiger partial charge in [0.05, 0.1) is 23.2 Å². The minimum absolute atomic E-state index is 0.0333. The third kappa shape index (κ3) is 11.4. The average Bonchev–Trinajstić information content (AvgIpc) is 2.95. The molecule has 0 saturated heterocycles. The quantitative estimate of drug-likeness (QED) is 0.173. The maximum absolute atomic E-state index is 14.1. The molecule has 3 rings (SSSR count). The summed E-state index contributed by atoms with van der Waals surface area (Å²) < 4.78 is 46.5. The van der Waals surface area contributed by atoms with Crippen molar-refractivity contribution in [2.75, 3.05) is 18.8 Å². The molecule has 45 heavy (non-hydrogen) atoms. The molecule has 0 bridgehead atoms. The molecule has 0 spiro atoms. The Morgan fingerprint density at radius 1 is 0.911 bits per heavy atom. The highest BCUT2D eigenvalue weighted by Crippen LogP contribution is 2.28. The number of carbonyl (C=O) groups excluding carboxylic acids is 2. The number of hydrogen-bond acceptors (Lipinski definition) is 8. The van der Waals surface area contributed by atoms with Gasteiger partial charge < -0.3 is 25.3 Å². The number of alkyl carbamates (subject to hydrolysis) is 1. The number of hydrogen-bond donors (Lipinski definition) is 2. The van der Waals surface area contributed by atoms with Crippen LogP contribution in [0.5, 0.6) is 5.75 Å². The Bertz CT molecular complexity index is 1510. The second-order valence-electron chi connectivity index (χ2n) is 12.3. The molecule has 0 aliphatic rings. The van der Waals surface area contributed by atoms with E-state index in [0.29, 0.717) is 5.75 Å². The van der Waals surface area contributed by atoms with E-state index in [9.17, 15) is 18.0 Å². The molecule has 244 valence electrons. The predicted molar refractivity (Wildman–Crippen MR) is 174 cm³/mol. The Balaban J connectivity index is 1.93. The van der Waals surface area contributed by atoms with Gasteiger partial charge in [0.2, 0.25) is 10.0 Å². The highest BCUT2D eigenvalue weighted by Gasteiger charge is 2.35. The van der Waals surface area contributed by atoms with Crippen LogP contribution in [0.2, 0.25) is 0 Å². The normalized spacial score (nSPS) is 13.2. The van der Waals surface area contributed by atoms with Crippen LogP contribution in [0.25, 0.3) is 0 Å². The molecule has 0 unspecified atom stereocenters. The summed E-state index contributed by atoms with van der Waals surface area (Å²) in [5.41, 5.74) is 7.44. The summed E-state index contributed by atoms with van der Waals surface area (Å²) in [6.45, 7) is 10.4. The summed E-state index contributed by atoms with van der Waals surface area (Å²) in [5, 5.41) is 2.83. The fraction of sp³-hybridized carbons (Fsp3) is 0.412. The summed E-state index contributed by atoms with van der Waals surface area (Å²) in [5.74, 6) is -0.333. The van der Waals surface area contributed by atoms with Crippen LogP contribution in [0.15, 0.2) is 83.8 Å².